The minimum absolute atomic E-state index is 0.0378. The molecule has 42 heavy (non-hydrogen) atoms. The van der Waals surface area contributed by atoms with Crippen molar-refractivity contribution >= 4 is 0 Å². The summed E-state index contributed by atoms with van der Waals surface area (Å²) in [4.78, 5) is 0. The smallest absolute Gasteiger partial charge is 0.115 e. The number of unbranched alkanes of at least 4 members (excludes halogenated alkanes) is 4. The van der Waals surface area contributed by atoms with Gasteiger partial charge in [0.15, 0.2) is 0 Å². The van der Waals surface area contributed by atoms with Gasteiger partial charge in [-0.2, -0.15) is 36.8 Å². The van der Waals surface area contributed by atoms with E-state index in [1.54, 1.807) is 0 Å². The Balaban J connectivity index is 6.63. The Labute approximate surface area is 250 Å². The number of nitriles is 7. The molecule has 0 aliphatic carbocycles. The predicted octanol–water partition coefficient (Wildman–Crippen LogP) is 4.65. The maximum Gasteiger partial charge on any atom is 0.115 e. The van der Waals surface area contributed by atoms with Crippen LogP contribution < -0.4 is 0 Å². The Bertz CT molecular complexity index is 923. The summed E-state index contributed by atoms with van der Waals surface area (Å²) >= 11 is 0. The molecule has 0 bridgehead atoms. The van der Waals surface area contributed by atoms with Crippen LogP contribution in [0.1, 0.15) is 83.5 Å². The zero-order chi connectivity index (χ0) is 31.1. The molecule has 0 radical (unpaired) electrons. The van der Waals surface area contributed by atoms with Crippen LogP contribution in [0.25, 0.3) is 0 Å². The summed E-state index contributed by atoms with van der Waals surface area (Å²) in [5, 5.41) is 63.8. The summed E-state index contributed by atoms with van der Waals surface area (Å²) in [6.45, 7) is 0.401. The van der Waals surface area contributed by atoms with Crippen molar-refractivity contribution in [2.24, 2.45) is 0 Å². The summed E-state index contributed by atoms with van der Waals surface area (Å²) in [6.07, 6.45) is 1.00. The van der Waals surface area contributed by atoms with Gasteiger partial charge in [0.05, 0.1) is 120 Å². The third-order valence-corrected chi connectivity index (χ3v) is 6.10. The van der Waals surface area contributed by atoms with Crippen molar-refractivity contribution in [3.05, 3.63) is 0 Å². The van der Waals surface area contributed by atoms with E-state index in [0.29, 0.717) is 51.4 Å². The molecule has 12 nitrogen and oxygen atoms in total. The molecular formula is C30H41N7O5. The molecule has 0 aliphatic heterocycles. The fraction of sp³-hybridized carbons (Fsp3) is 0.767. The van der Waals surface area contributed by atoms with Crippen LogP contribution in [-0.4, -0.2) is 63.6 Å². The highest BCUT2D eigenvalue weighted by Gasteiger charge is 2.41. The summed E-state index contributed by atoms with van der Waals surface area (Å²) in [6, 6.07) is 14.5. The molecule has 226 valence electrons. The van der Waals surface area contributed by atoms with Gasteiger partial charge in [0.1, 0.15) is 18.3 Å². The van der Waals surface area contributed by atoms with Gasteiger partial charge < -0.3 is 23.7 Å². The molecule has 0 rings (SSSR count). The molecule has 4 unspecified atom stereocenters. The van der Waals surface area contributed by atoms with E-state index < -0.39 is 30.5 Å². The molecular weight excluding hydrogens is 538 g/mol. The van der Waals surface area contributed by atoms with Gasteiger partial charge in [-0.15, -0.1) is 0 Å². The predicted molar refractivity (Wildman–Crippen MR) is 148 cm³/mol. The second-order valence-electron chi connectivity index (χ2n) is 9.17. The van der Waals surface area contributed by atoms with Gasteiger partial charge in [-0.3, -0.25) is 0 Å². The molecule has 0 aliphatic rings. The first kappa shape index (κ1) is 38.2. The lowest BCUT2D eigenvalue weighted by Gasteiger charge is -2.40. The van der Waals surface area contributed by atoms with E-state index in [4.69, 9.17) is 44.7 Å². The van der Waals surface area contributed by atoms with Gasteiger partial charge in [0.25, 0.3) is 0 Å². The van der Waals surface area contributed by atoms with Gasteiger partial charge in [-0.1, -0.05) is 0 Å². The third-order valence-electron chi connectivity index (χ3n) is 6.10. The lowest BCUT2D eigenvalue weighted by Crippen LogP contribution is -2.54. The molecule has 0 saturated heterocycles. The average molecular weight is 580 g/mol. The maximum absolute atomic E-state index is 9.21. The van der Waals surface area contributed by atoms with Gasteiger partial charge in [0.2, 0.25) is 0 Å². The van der Waals surface area contributed by atoms with E-state index in [1.165, 1.54) is 0 Å². The van der Waals surface area contributed by atoms with Crippen LogP contribution >= 0.6 is 0 Å². The fourth-order valence-electron chi connectivity index (χ4n) is 4.22. The standard InChI is InChI=1S/C30H41N7O5/c31-14-5-1-3-12-26(38-21-7-16-33)28(40-23-9-18-35)30(42-25-11-20-37)29(41-24-10-19-36)27(39-22-8-17-34)13-4-2-6-15-32/h26-30H,1-13,21-25H2. The number of hydrogen-bond donors (Lipinski definition) is 0. The van der Waals surface area contributed by atoms with Crippen LogP contribution in [0.4, 0.5) is 0 Å². The van der Waals surface area contributed by atoms with E-state index in [-0.39, 0.29) is 65.1 Å². The third kappa shape index (κ3) is 18.6. The number of hydrogen-bond acceptors (Lipinski definition) is 12. The van der Waals surface area contributed by atoms with E-state index in [2.05, 4.69) is 42.5 Å². The van der Waals surface area contributed by atoms with Crippen LogP contribution in [0.15, 0.2) is 0 Å². The Morgan fingerprint density at radius 3 is 0.929 bits per heavy atom. The van der Waals surface area contributed by atoms with Gasteiger partial charge >= 0.3 is 0 Å². The average Bonchev–Trinajstić information content (AvgIpc) is 3.00. The van der Waals surface area contributed by atoms with Crippen LogP contribution in [0.2, 0.25) is 0 Å². The molecule has 0 N–H and O–H groups in total. The number of rotatable bonds is 27. The van der Waals surface area contributed by atoms with Crippen molar-refractivity contribution < 1.29 is 23.7 Å². The quantitative estimate of drug-likeness (QED) is 0.122. The molecule has 0 amide bonds. The van der Waals surface area contributed by atoms with Crippen molar-refractivity contribution in [1.82, 2.24) is 0 Å². The highest BCUT2D eigenvalue weighted by molar-refractivity contribution is 4.92. The van der Waals surface area contributed by atoms with Crippen LogP contribution in [-0.2, 0) is 23.7 Å². The van der Waals surface area contributed by atoms with Gasteiger partial charge in [-0.25, -0.2) is 0 Å². The Kier molecular flexibility index (Phi) is 26.2. The largest absolute Gasteiger partial charge is 0.374 e. The topological polar surface area (TPSA) is 213 Å². The minimum atomic E-state index is -0.873. The zero-order valence-corrected chi connectivity index (χ0v) is 24.3. The first-order valence-corrected chi connectivity index (χ1v) is 14.3. The number of ether oxygens (including phenoxy) is 5. The fourth-order valence-corrected chi connectivity index (χ4v) is 4.22. The molecule has 12 heteroatoms. The van der Waals surface area contributed by atoms with Crippen LogP contribution in [0.5, 0.6) is 0 Å². The van der Waals surface area contributed by atoms with E-state index in [1.807, 2.05) is 0 Å². The molecule has 0 heterocycles. The zero-order valence-electron chi connectivity index (χ0n) is 24.3. The Morgan fingerprint density at radius 1 is 0.333 bits per heavy atom. The molecule has 0 spiro atoms. The van der Waals surface area contributed by atoms with Crippen LogP contribution in [0.3, 0.4) is 0 Å². The lowest BCUT2D eigenvalue weighted by molar-refractivity contribution is -0.204. The highest BCUT2D eigenvalue weighted by atomic mass is 16.6. The van der Waals surface area contributed by atoms with E-state index >= 15 is 0 Å². The summed E-state index contributed by atoms with van der Waals surface area (Å²) in [5.74, 6) is 0. The Morgan fingerprint density at radius 2 is 0.619 bits per heavy atom. The SMILES string of the molecule is N#CCCCCC(OCCC#N)C(OCCC#N)C(OCCC#N)C(OCCC#N)C(CCCCC#N)OCCC#N. The first-order valence-electron chi connectivity index (χ1n) is 14.3. The van der Waals surface area contributed by atoms with Gasteiger partial charge in [0, 0.05) is 12.8 Å². The second kappa shape index (κ2) is 28.7. The lowest BCUT2D eigenvalue weighted by atomic mass is 9.92. The minimum Gasteiger partial charge on any atom is -0.374 e. The monoisotopic (exact) mass is 579 g/mol. The van der Waals surface area contributed by atoms with Crippen LogP contribution in [0, 0.1) is 79.3 Å². The normalized spacial score (nSPS) is 13.8. The molecule has 0 aromatic heterocycles. The van der Waals surface area contributed by atoms with E-state index in [9.17, 15) is 15.8 Å². The molecule has 0 aromatic carbocycles. The second-order valence-corrected chi connectivity index (χ2v) is 9.17. The highest BCUT2D eigenvalue weighted by Crippen LogP contribution is 2.27. The van der Waals surface area contributed by atoms with Crippen molar-refractivity contribution in [2.45, 2.75) is 114 Å². The summed E-state index contributed by atoms with van der Waals surface area (Å²) in [7, 11) is 0. The van der Waals surface area contributed by atoms with Crippen molar-refractivity contribution in [1.29, 1.82) is 36.8 Å². The Hall–Kier alpha value is -3.77. The van der Waals surface area contributed by atoms with E-state index in [0.717, 1.165) is 0 Å². The number of nitrogens with zero attached hydrogens (tertiary/aromatic N) is 7. The van der Waals surface area contributed by atoms with Crippen molar-refractivity contribution in [2.75, 3.05) is 33.0 Å². The summed E-state index contributed by atoms with van der Waals surface area (Å²) < 4.78 is 31.0. The maximum atomic E-state index is 9.21. The van der Waals surface area contributed by atoms with Gasteiger partial charge in [-0.05, 0) is 38.5 Å². The summed E-state index contributed by atoms with van der Waals surface area (Å²) in [5.41, 5.74) is 0. The molecule has 0 aromatic rings. The van der Waals surface area contributed by atoms with Crippen molar-refractivity contribution in [3.63, 3.8) is 0 Å². The molecule has 4 atom stereocenters. The molecule has 0 saturated carbocycles. The van der Waals surface area contributed by atoms with Crippen molar-refractivity contribution in [3.8, 4) is 42.5 Å². The molecule has 0 fully saturated rings. The first-order chi connectivity index (χ1) is 20.6.